The first-order chi connectivity index (χ1) is 17.1. The molecule has 0 bridgehead atoms. The SMILES string of the molecule is COc1ccc2cc(CN[C@H]3CC[C@H](Nc4nccc(C=C5SC(=O)NC5=O)n4)CC3)ccc2c1. The maximum absolute atomic E-state index is 11.8. The Kier molecular flexibility index (Phi) is 6.96. The number of hydrogen-bond donors (Lipinski definition) is 3. The van der Waals surface area contributed by atoms with Crippen molar-refractivity contribution < 1.29 is 14.3 Å². The molecule has 1 aliphatic heterocycles. The Morgan fingerprint density at radius 3 is 2.60 bits per heavy atom. The van der Waals surface area contributed by atoms with Crippen LogP contribution < -0.4 is 20.7 Å². The maximum Gasteiger partial charge on any atom is 0.290 e. The molecule has 1 aromatic heterocycles. The highest BCUT2D eigenvalue weighted by Gasteiger charge is 2.25. The number of ether oxygens (including phenoxy) is 1. The molecule has 3 aromatic rings. The lowest BCUT2D eigenvalue weighted by molar-refractivity contribution is -0.115. The highest BCUT2D eigenvalue weighted by atomic mass is 32.2. The summed E-state index contributed by atoms with van der Waals surface area (Å²) in [6.07, 6.45) is 7.47. The van der Waals surface area contributed by atoms with E-state index in [4.69, 9.17) is 4.74 Å². The molecule has 3 N–H and O–H groups in total. The average molecular weight is 490 g/mol. The molecule has 1 aliphatic carbocycles. The van der Waals surface area contributed by atoms with Crippen LogP contribution in [0.3, 0.4) is 0 Å². The fraction of sp³-hybridized carbons (Fsp3) is 0.308. The summed E-state index contributed by atoms with van der Waals surface area (Å²) >= 11 is 0.884. The van der Waals surface area contributed by atoms with E-state index in [0.29, 0.717) is 28.6 Å². The van der Waals surface area contributed by atoms with E-state index in [1.54, 1.807) is 25.4 Å². The lowest BCUT2D eigenvalue weighted by Crippen LogP contribution is -2.36. The Balaban J connectivity index is 1.11. The number of hydrogen-bond acceptors (Lipinski definition) is 8. The normalized spacial score (nSPS) is 21.3. The number of rotatable bonds is 7. The highest BCUT2D eigenvalue weighted by molar-refractivity contribution is 8.18. The molecule has 2 fully saturated rings. The van der Waals surface area contributed by atoms with Crippen molar-refractivity contribution in [2.75, 3.05) is 12.4 Å². The molecule has 2 heterocycles. The van der Waals surface area contributed by atoms with Crippen molar-refractivity contribution in [1.82, 2.24) is 20.6 Å². The summed E-state index contributed by atoms with van der Waals surface area (Å²) in [6, 6.07) is 15.2. The zero-order chi connectivity index (χ0) is 24.2. The molecule has 0 radical (unpaired) electrons. The molecule has 5 rings (SSSR count). The molecule has 8 nitrogen and oxygen atoms in total. The highest BCUT2D eigenvalue weighted by Crippen LogP contribution is 2.26. The number of anilines is 1. The van der Waals surface area contributed by atoms with Gasteiger partial charge in [0.2, 0.25) is 5.95 Å². The molecule has 0 unspecified atom stereocenters. The van der Waals surface area contributed by atoms with Crippen LogP contribution in [0.2, 0.25) is 0 Å². The second-order valence-corrected chi connectivity index (χ2v) is 9.79. The van der Waals surface area contributed by atoms with E-state index in [0.717, 1.165) is 49.7 Å². The summed E-state index contributed by atoms with van der Waals surface area (Å²) < 4.78 is 5.31. The van der Waals surface area contributed by atoms with Gasteiger partial charge in [-0.15, -0.1) is 0 Å². The number of amides is 2. The lowest BCUT2D eigenvalue weighted by atomic mass is 9.91. The van der Waals surface area contributed by atoms with Gasteiger partial charge in [-0.1, -0.05) is 18.2 Å². The molecule has 0 atom stereocenters. The van der Waals surface area contributed by atoms with E-state index in [9.17, 15) is 9.59 Å². The van der Waals surface area contributed by atoms with Crippen molar-refractivity contribution in [3.63, 3.8) is 0 Å². The summed E-state index contributed by atoms with van der Waals surface area (Å²) in [7, 11) is 1.69. The zero-order valence-electron chi connectivity index (χ0n) is 19.4. The average Bonchev–Trinajstić information content (AvgIpc) is 3.19. The van der Waals surface area contributed by atoms with E-state index < -0.39 is 0 Å². The molecule has 1 saturated heterocycles. The minimum Gasteiger partial charge on any atom is -0.497 e. The molecule has 2 aromatic carbocycles. The summed E-state index contributed by atoms with van der Waals surface area (Å²) in [6.45, 7) is 0.846. The van der Waals surface area contributed by atoms with Crippen molar-refractivity contribution in [1.29, 1.82) is 0 Å². The van der Waals surface area contributed by atoms with Gasteiger partial charge in [0.25, 0.3) is 11.1 Å². The number of fused-ring (bicyclic) bond motifs is 1. The van der Waals surface area contributed by atoms with Crippen LogP contribution in [0, 0.1) is 0 Å². The van der Waals surface area contributed by atoms with Gasteiger partial charge in [0.05, 0.1) is 17.7 Å². The topological polar surface area (TPSA) is 105 Å². The molecule has 2 amide bonds. The summed E-state index contributed by atoms with van der Waals surface area (Å²) in [5, 5.41) is 11.4. The number of imide groups is 1. The summed E-state index contributed by atoms with van der Waals surface area (Å²) in [4.78, 5) is 32.3. The number of methoxy groups -OCH3 is 1. The van der Waals surface area contributed by atoms with Gasteiger partial charge >= 0.3 is 0 Å². The number of thioether (sulfide) groups is 1. The van der Waals surface area contributed by atoms with Gasteiger partial charge < -0.3 is 15.4 Å². The number of nitrogens with one attached hydrogen (secondary N) is 3. The van der Waals surface area contributed by atoms with Gasteiger partial charge in [0.15, 0.2) is 0 Å². The Bertz CT molecular complexity index is 1290. The number of carbonyl (C=O) groups excluding carboxylic acids is 2. The Morgan fingerprint density at radius 1 is 1.06 bits per heavy atom. The largest absolute Gasteiger partial charge is 0.497 e. The van der Waals surface area contributed by atoms with Crippen LogP contribution in [0.5, 0.6) is 5.75 Å². The van der Waals surface area contributed by atoms with E-state index in [-0.39, 0.29) is 11.1 Å². The van der Waals surface area contributed by atoms with Gasteiger partial charge in [0.1, 0.15) is 5.75 Å². The quantitative estimate of drug-likeness (QED) is 0.418. The van der Waals surface area contributed by atoms with Crippen molar-refractivity contribution >= 4 is 45.7 Å². The van der Waals surface area contributed by atoms with Gasteiger partial charge in [-0.2, -0.15) is 0 Å². The third kappa shape index (κ3) is 5.80. The van der Waals surface area contributed by atoms with Crippen molar-refractivity contribution in [2.45, 2.75) is 44.3 Å². The zero-order valence-corrected chi connectivity index (χ0v) is 20.2. The number of aromatic nitrogens is 2. The molecule has 1 saturated carbocycles. The third-order valence-corrected chi connectivity index (χ3v) is 7.18. The first-order valence-corrected chi connectivity index (χ1v) is 12.5. The second-order valence-electron chi connectivity index (χ2n) is 8.78. The first-order valence-electron chi connectivity index (χ1n) is 11.7. The van der Waals surface area contributed by atoms with Crippen LogP contribution in [0.1, 0.15) is 36.9 Å². The van der Waals surface area contributed by atoms with Crippen LogP contribution in [-0.4, -0.2) is 40.3 Å². The van der Waals surface area contributed by atoms with Crippen molar-refractivity contribution in [3.05, 3.63) is 64.8 Å². The van der Waals surface area contributed by atoms with Crippen LogP contribution in [0.25, 0.3) is 16.8 Å². The van der Waals surface area contributed by atoms with Gasteiger partial charge in [-0.05, 0) is 84.1 Å². The lowest BCUT2D eigenvalue weighted by Gasteiger charge is -2.30. The Hall–Kier alpha value is -3.43. The minimum absolute atomic E-state index is 0.303. The molecular weight excluding hydrogens is 462 g/mol. The molecule has 0 spiro atoms. The minimum atomic E-state index is -0.386. The fourth-order valence-electron chi connectivity index (χ4n) is 4.47. The predicted octanol–water partition coefficient (Wildman–Crippen LogP) is 4.48. The molecule has 180 valence electrons. The van der Waals surface area contributed by atoms with E-state index in [2.05, 4.69) is 56.3 Å². The first kappa shape index (κ1) is 23.3. The standard InChI is InChI=1S/C26H27N5O3S/c1-34-22-9-4-17-12-16(2-3-18(17)13-22)15-28-19-5-7-20(8-6-19)29-25-27-11-10-21(30-25)14-23-24(32)31-26(33)35-23/h2-4,9-14,19-20,28H,5-8,15H2,1H3,(H,27,29,30)(H,31,32,33)/t19-,20-. The maximum atomic E-state index is 11.8. The van der Waals surface area contributed by atoms with Crippen LogP contribution in [-0.2, 0) is 11.3 Å². The number of benzene rings is 2. The van der Waals surface area contributed by atoms with Crippen LogP contribution in [0.15, 0.2) is 53.6 Å². The van der Waals surface area contributed by atoms with E-state index in [1.165, 1.54) is 16.3 Å². The fourth-order valence-corrected chi connectivity index (χ4v) is 5.14. The number of nitrogens with zero attached hydrogens (tertiary/aromatic N) is 2. The smallest absolute Gasteiger partial charge is 0.290 e. The van der Waals surface area contributed by atoms with Gasteiger partial charge in [-0.3, -0.25) is 14.9 Å². The predicted molar refractivity (Wildman–Crippen MR) is 138 cm³/mol. The Morgan fingerprint density at radius 2 is 1.83 bits per heavy atom. The summed E-state index contributed by atoms with van der Waals surface area (Å²) in [5.74, 6) is 1.03. The van der Waals surface area contributed by atoms with E-state index in [1.807, 2.05) is 6.07 Å². The molecule has 2 aliphatic rings. The van der Waals surface area contributed by atoms with Crippen molar-refractivity contribution in [2.24, 2.45) is 0 Å². The molecule has 35 heavy (non-hydrogen) atoms. The van der Waals surface area contributed by atoms with Gasteiger partial charge in [-0.25, -0.2) is 9.97 Å². The van der Waals surface area contributed by atoms with E-state index >= 15 is 0 Å². The van der Waals surface area contributed by atoms with Gasteiger partial charge in [0, 0.05) is 24.8 Å². The summed E-state index contributed by atoms with van der Waals surface area (Å²) in [5.41, 5.74) is 1.87. The van der Waals surface area contributed by atoms with Crippen LogP contribution >= 0.6 is 11.8 Å². The van der Waals surface area contributed by atoms with Crippen molar-refractivity contribution in [3.8, 4) is 5.75 Å². The second kappa shape index (κ2) is 10.5. The monoisotopic (exact) mass is 489 g/mol. The number of carbonyl (C=O) groups is 2. The molecule has 9 heteroatoms. The third-order valence-electron chi connectivity index (χ3n) is 6.37. The Labute approximate surface area is 207 Å². The van der Waals surface area contributed by atoms with Crippen LogP contribution in [0.4, 0.5) is 10.7 Å². The molecular formula is C26H27N5O3S.